The number of hydrogen-bond donors (Lipinski definition) is 0. The number of nitrogens with zero attached hydrogens (tertiary/aromatic N) is 4. The average molecular weight is 541 g/mol. The summed E-state index contributed by atoms with van der Waals surface area (Å²) in [6.45, 7) is 12.5. The molecule has 0 bridgehead atoms. The molecule has 0 unspecified atom stereocenters. The molecular weight excluding hydrogens is 509 g/mol. The Bertz CT molecular complexity index is 1430. The summed E-state index contributed by atoms with van der Waals surface area (Å²) in [5, 5.41) is 2.90. The molecule has 0 atom stereocenters. The summed E-state index contributed by atoms with van der Waals surface area (Å²) in [7, 11) is 0. The summed E-state index contributed by atoms with van der Waals surface area (Å²) in [4.78, 5) is 12.5. The van der Waals surface area contributed by atoms with E-state index in [9.17, 15) is 0 Å². The van der Waals surface area contributed by atoms with E-state index in [1.54, 1.807) is 11.3 Å². The second-order valence-corrected chi connectivity index (χ2v) is 10.8. The summed E-state index contributed by atoms with van der Waals surface area (Å²) < 4.78 is 6.80. The van der Waals surface area contributed by atoms with Crippen LogP contribution in [0.3, 0.4) is 0 Å². The fourth-order valence-corrected chi connectivity index (χ4v) is 7.25. The van der Waals surface area contributed by atoms with Crippen molar-refractivity contribution in [1.82, 2.24) is 4.98 Å². The molecule has 3 heterocycles. The predicted molar refractivity (Wildman–Crippen MR) is 163 cm³/mol. The van der Waals surface area contributed by atoms with Crippen molar-refractivity contribution in [2.45, 2.75) is 33.2 Å². The van der Waals surface area contributed by atoms with E-state index in [0.29, 0.717) is 0 Å². The van der Waals surface area contributed by atoms with Gasteiger partial charge in [-0.3, -0.25) is 4.90 Å². The van der Waals surface area contributed by atoms with Crippen molar-refractivity contribution in [1.29, 1.82) is 0 Å². The highest BCUT2D eigenvalue weighted by atomic mass is 32.1. The number of thiocarbonyl (C=S) groups is 1. The van der Waals surface area contributed by atoms with Crippen LogP contribution in [0.2, 0.25) is 0 Å². The molecule has 5 nitrogen and oxygen atoms in total. The van der Waals surface area contributed by atoms with Gasteiger partial charge >= 0.3 is 0 Å². The third-order valence-corrected chi connectivity index (χ3v) is 9.04. The van der Waals surface area contributed by atoms with E-state index in [2.05, 4.69) is 103 Å². The van der Waals surface area contributed by atoms with Crippen LogP contribution in [0.25, 0.3) is 0 Å². The third-order valence-electron chi connectivity index (χ3n) is 7.88. The first-order chi connectivity index (χ1) is 18.6. The number of ether oxygens (including phenoxy) is 1. The molecule has 3 aromatic carbocycles. The van der Waals surface area contributed by atoms with Crippen molar-refractivity contribution < 1.29 is 4.74 Å². The van der Waals surface area contributed by atoms with Crippen molar-refractivity contribution in [3.63, 3.8) is 0 Å². The van der Waals surface area contributed by atoms with Gasteiger partial charge in [0.1, 0.15) is 22.0 Å². The van der Waals surface area contributed by atoms with E-state index < -0.39 is 5.54 Å². The molecule has 0 saturated carbocycles. The lowest BCUT2D eigenvalue weighted by atomic mass is 9.74. The first-order valence-corrected chi connectivity index (χ1v) is 14.7. The Kier molecular flexibility index (Phi) is 6.36. The van der Waals surface area contributed by atoms with Crippen LogP contribution in [0.15, 0.2) is 72.2 Å². The first kappa shape index (κ1) is 24.9. The van der Waals surface area contributed by atoms with E-state index in [1.165, 1.54) is 0 Å². The molecule has 0 fully saturated rings. The smallest absolute Gasteiger partial charge is 0.191 e. The second-order valence-electron chi connectivity index (χ2n) is 9.52. The summed E-state index contributed by atoms with van der Waals surface area (Å²) in [5.41, 5.74) is 6.02. The molecule has 1 spiro atoms. The van der Waals surface area contributed by atoms with Crippen LogP contribution in [-0.2, 0) is 5.54 Å². The third kappa shape index (κ3) is 3.48. The quantitative estimate of drug-likeness (QED) is 0.227. The van der Waals surface area contributed by atoms with Gasteiger partial charge in [-0.1, -0.05) is 48.6 Å². The number of hydrogen-bond acceptors (Lipinski definition) is 6. The molecule has 6 rings (SSSR count). The van der Waals surface area contributed by atoms with Crippen LogP contribution in [-0.4, -0.2) is 36.2 Å². The topological polar surface area (TPSA) is 31.8 Å². The minimum absolute atomic E-state index is 0.683. The molecule has 38 heavy (non-hydrogen) atoms. The van der Waals surface area contributed by atoms with Crippen molar-refractivity contribution in [3.8, 4) is 11.5 Å². The van der Waals surface area contributed by atoms with Crippen LogP contribution < -0.4 is 19.4 Å². The molecule has 0 radical (unpaired) electrons. The van der Waals surface area contributed by atoms with Gasteiger partial charge in [0.25, 0.3) is 0 Å². The molecule has 0 saturated heterocycles. The second kappa shape index (κ2) is 9.71. The molecule has 1 aromatic heterocycles. The maximum absolute atomic E-state index is 6.80. The zero-order valence-electron chi connectivity index (χ0n) is 22.3. The maximum atomic E-state index is 6.80. The van der Waals surface area contributed by atoms with Crippen molar-refractivity contribution in [3.05, 3.63) is 94.5 Å². The number of fused-ring (bicyclic) bond motifs is 6. The fourth-order valence-electron chi connectivity index (χ4n) is 6.09. The summed E-state index contributed by atoms with van der Waals surface area (Å²) >= 11 is 7.81. The van der Waals surface area contributed by atoms with Gasteiger partial charge in [-0.25, -0.2) is 4.98 Å². The van der Waals surface area contributed by atoms with Gasteiger partial charge in [0.2, 0.25) is 0 Å². The van der Waals surface area contributed by atoms with Gasteiger partial charge in [-0.15, -0.1) is 11.3 Å². The molecule has 4 aromatic rings. The minimum Gasteiger partial charge on any atom is -0.456 e. The Labute approximate surface area is 234 Å². The zero-order valence-corrected chi connectivity index (χ0v) is 23.9. The van der Waals surface area contributed by atoms with Crippen LogP contribution in [0.5, 0.6) is 11.5 Å². The highest BCUT2D eigenvalue weighted by Crippen LogP contribution is 2.59. The number of benzene rings is 3. The number of anilines is 3. The van der Waals surface area contributed by atoms with Gasteiger partial charge in [-0.05, 0) is 45.4 Å². The van der Waals surface area contributed by atoms with Crippen molar-refractivity contribution in [2.24, 2.45) is 0 Å². The van der Waals surface area contributed by atoms with Gasteiger partial charge in [0.05, 0.1) is 0 Å². The van der Waals surface area contributed by atoms with Crippen molar-refractivity contribution >= 4 is 45.0 Å². The van der Waals surface area contributed by atoms with Gasteiger partial charge < -0.3 is 14.5 Å². The van der Waals surface area contributed by atoms with Crippen LogP contribution in [0.1, 0.15) is 49.9 Å². The number of thiazole rings is 1. The largest absolute Gasteiger partial charge is 0.456 e. The molecule has 194 valence electrons. The van der Waals surface area contributed by atoms with E-state index in [0.717, 1.165) is 81.4 Å². The van der Waals surface area contributed by atoms with Gasteiger partial charge in [-0.2, -0.15) is 0 Å². The first-order valence-electron chi connectivity index (χ1n) is 13.4. The minimum atomic E-state index is -0.683. The average Bonchev–Trinajstić information content (AvgIpc) is 3.56. The lowest BCUT2D eigenvalue weighted by Gasteiger charge is -2.44. The Morgan fingerprint density at radius 2 is 1.39 bits per heavy atom. The molecular formula is C31H32N4OS2. The number of aromatic nitrogens is 1. The molecule has 2 aliphatic rings. The summed E-state index contributed by atoms with van der Waals surface area (Å²) in [6.07, 6.45) is 1.85. The van der Waals surface area contributed by atoms with Gasteiger partial charge in [0, 0.05) is 78.0 Å². The Morgan fingerprint density at radius 1 is 0.816 bits per heavy atom. The van der Waals surface area contributed by atoms with Gasteiger partial charge in [0.15, 0.2) is 5.13 Å². The van der Waals surface area contributed by atoms with Crippen LogP contribution >= 0.6 is 23.6 Å². The van der Waals surface area contributed by atoms with Crippen LogP contribution in [0.4, 0.5) is 16.5 Å². The Morgan fingerprint density at radius 3 is 1.92 bits per heavy atom. The highest BCUT2D eigenvalue weighted by Gasteiger charge is 2.56. The highest BCUT2D eigenvalue weighted by molar-refractivity contribution is 7.81. The summed E-state index contributed by atoms with van der Waals surface area (Å²) in [5.74, 6) is 1.72. The Hall–Kier alpha value is -3.42. The fraction of sp³-hybridized carbons (Fsp3) is 0.290. The number of rotatable bonds is 7. The van der Waals surface area contributed by atoms with Crippen LogP contribution in [0, 0.1) is 0 Å². The SMILES string of the molecule is CCN(CC)c1ccc2c(c1)Oc1cc(N(CC)CC)ccc1C21c2ccccc2C(=S)N1c1nccs1. The zero-order chi connectivity index (χ0) is 26.4. The van der Waals surface area contributed by atoms with E-state index in [4.69, 9.17) is 21.9 Å². The molecule has 7 heteroatoms. The molecule has 2 aliphatic heterocycles. The predicted octanol–water partition coefficient (Wildman–Crippen LogP) is 7.43. The molecule has 0 N–H and O–H groups in total. The molecule has 0 aliphatic carbocycles. The molecule has 0 amide bonds. The summed E-state index contributed by atoms with van der Waals surface area (Å²) in [6, 6.07) is 21.8. The monoisotopic (exact) mass is 540 g/mol. The standard InChI is InChI=1S/C31H32N4OS2/c1-5-33(6-2)21-13-15-25-27(19-21)36-28-20-22(34(7-3)8-4)14-16-26(28)31(25)24-12-10-9-11-23(24)29(37)35(31)30-32-17-18-38-30/h9-20H,5-8H2,1-4H3. The van der Waals surface area contributed by atoms with E-state index in [-0.39, 0.29) is 0 Å². The lowest BCUT2D eigenvalue weighted by molar-refractivity contribution is 0.424. The normalized spacial score (nSPS) is 14.6. The maximum Gasteiger partial charge on any atom is 0.191 e. The van der Waals surface area contributed by atoms with E-state index >= 15 is 0 Å². The lowest BCUT2D eigenvalue weighted by Crippen LogP contribution is -2.47. The Balaban J connectivity index is 1.69. The van der Waals surface area contributed by atoms with Crippen molar-refractivity contribution in [2.75, 3.05) is 40.9 Å². The van der Waals surface area contributed by atoms with E-state index in [1.807, 2.05) is 11.6 Å².